The molecule has 0 saturated heterocycles. The SMILES string of the molecule is c1ccc(-c2ccc3oc4c(-c5cccc(-c6cnc7c8ccccc8c8ccccc8c7n6)c5)c5oc6ccccc6c5cc4c3c2)cc1. The summed E-state index contributed by atoms with van der Waals surface area (Å²) in [4.78, 5) is 10.3. The molecule has 0 saturated carbocycles. The molecular formula is C46H26N2O2. The summed E-state index contributed by atoms with van der Waals surface area (Å²) >= 11 is 0. The van der Waals surface area contributed by atoms with Crippen LogP contribution in [-0.2, 0) is 0 Å². The van der Waals surface area contributed by atoms with Crippen molar-refractivity contribution in [3.05, 3.63) is 158 Å². The molecule has 0 fully saturated rings. The summed E-state index contributed by atoms with van der Waals surface area (Å²) in [7, 11) is 0. The van der Waals surface area contributed by atoms with E-state index in [1.54, 1.807) is 0 Å². The molecule has 4 nitrogen and oxygen atoms in total. The first-order chi connectivity index (χ1) is 24.8. The van der Waals surface area contributed by atoms with Crippen LogP contribution in [0.2, 0.25) is 0 Å². The molecule has 4 heteroatoms. The highest BCUT2D eigenvalue weighted by molar-refractivity contribution is 6.24. The maximum atomic E-state index is 6.74. The lowest BCUT2D eigenvalue weighted by atomic mass is 9.96. The minimum Gasteiger partial charge on any atom is -0.455 e. The molecule has 0 aliphatic carbocycles. The van der Waals surface area contributed by atoms with Gasteiger partial charge in [0, 0.05) is 37.9 Å². The molecule has 11 rings (SSSR count). The first-order valence-corrected chi connectivity index (χ1v) is 16.8. The van der Waals surface area contributed by atoms with Crippen molar-refractivity contribution in [3.8, 4) is 33.5 Å². The van der Waals surface area contributed by atoms with Crippen LogP contribution in [0.25, 0.3) is 110 Å². The third-order valence-electron chi connectivity index (χ3n) is 10.1. The zero-order valence-corrected chi connectivity index (χ0v) is 26.7. The maximum Gasteiger partial charge on any atom is 0.147 e. The van der Waals surface area contributed by atoms with Crippen LogP contribution in [0.4, 0.5) is 0 Å². The van der Waals surface area contributed by atoms with Crippen molar-refractivity contribution in [1.82, 2.24) is 9.97 Å². The molecule has 0 N–H and O–H groups in total. The van der Waals surface area contributed by atoms with Crippen molar-refractivity contribution in [2.45, 2.75) is 0 Å². The quantitative estimate of drug-likeness (QED) is 0.181. The Morgan fingerprint density at radius 1 is 0.360 bits per heavy atom. The van der Waals surface area contributed by atoms with E-state index in [1.807, 2.05) is 24.4 Å². The Kier molecular flexibility index (Phi) is 5.63. The summed E-state index contributed by atoms with van der Waals surface area (Å²) in [6.45, 7) is 0. The topological polar surface area (TPSA) is 52.1 Å². The fraction of sp³-hybridized carbons (Fsp3) is 0. The molecule has 0 aliphatic heterocycles. The number of furan rings is 2. The average molecular weight is 639 g/mol. The van der Waals surface area contributed by atoms with Gasteiger partial charge in [-0.25, -0.2) is 4.98 Å². The molecule has 0 bridgehead atoms. The molecule has 232 valence electrons. The van der Waals surface area contributed by atoms with Gasteiger partial charge in [0.15, 0.2) is 0 Å². The van der Waals surface area contributed by atoms with Gasteiger partial charge in [0.2, 0.25) is 0 Å². The van der Waals surface area contributed by atoms with Gasteiger partial charge < -0.3 is 8.83 Å². The van der Waals surface area contributed by atoms with E-state index >= 15 is 0 Å². The van der Waals surface area contributed by atoms with Crippen molar-refractivity contribution in [1.29, 1.82) is 0 Å². The molecule has 50 heavy (non-hydrogen) atoms. The molecular weight excluding hydrogens is 613 g/mol. The van der Waals surface area contributed by atoms with Crippen LogP contribution in [0, 0.1) is 0 Å². The maximum absolute atomic E-state index is 6.74. The van der Waals surface area contributed by atoms with Crippen molar-refractivity contribution in [3.63, 3.8) is 0 Å². The van der Waals surface area contributed by atoms with Crippen LogP contribution >= 0.6 is 0 Å². The van der Waals surface area contributed by atoms with Crippen LogP contribution in [0.1, 0.15) is 0 Å². The van der Waals surface area contributed by atoms with Crippen molar-refractivity contribution in [2.75, 3.05) is 0 Å². The van der Waals surface area contributed by atoms with Gasteiger partial charge in [-0.3, -0.25) is 4.98 Å². The zero-order chi connectivity index (χ0) is 32.8. The number of hydrogen-bond acceptors (Lipinski definition) is 4. The second-order valence-electron chi connectivity index (χ2n) is 12.9. The Morgan fingerprint density at radius 3 is 1.74 bits per heavy atom. The van der Waals surface area contributed by atoms with Crippen LogP contribution in [0.3, 0.4) is 0 Å². The van der Waals surface area contributed by atoms with E-state index in [4.69, 9.17) is 18.8 Å². The van der Waals surface area contributed by atoms with E-state index < -0.39 is 0 Å². The summed E-state index contributed by atoms with van der Waals surface area (Å²) in [6, 6.07) is 52.8. The summed E-state index contributed by atoms with van der Waals surface area (Å²) in [5, 5.41) is 8.83. The van der Waals surface area contributed by atoms with Crippen LogP contribution in [0.15, 0.2) is 167 Å². The van der Waals surface area contributed by atoms with Gasteiger partial charge in [-0.2, -0.15) is 0 Å². The Hall–Kier alpha value is -6.78. The average Bonchev–Trinajstić information content (AvgIpc) is 3.75. The van der Waals surface area contributed by atoms with E-state index in [9.17, 15) is 0 Å². The predicted octanol–water partition coefficient (Wildman–Crippen LogP) is 12.7. The van der Waals surface area contributed by atoms with Gasteiger partial charge in [-0.1, -0.05) is 121 Å². The van der Waals surface area contributed by atoms with Crippen LogP contribution < -0.4 is 0 Å². The second-order valence-corrected chi connectivity index (χ2v) is 12.9. The largest absolute Gasteiger partial charge is 0.455 e. The lowest BCUT2D eigenvalue weighted by Crippen LogP contribution is -1.92. The minimum atomic E-state index is 0.802. The van der Waals surface area contributed by atoms with Gasteiger partial charge in [-0.15, -0.1) is 0 Å². The lowest BCUT2D eigenvalue weighted by Gasteiger charge is -2.11. The summed E-state index contributed by atoms with van der Waals surface area (Å²) in [5.41, 5.74) is 11.1. The smallest absolute Gasteiger partial charge is 0.147 e. The number of nitrogens with zero attached hydrogens (tertiary/aromatic N) is 2. The summed E-state index contributed by atoms with van der Waals surface area (Å²) < 4.78 is 13.4. The third kappa shape index (κ3) is 3.93. The number of aromatic nitrogens is 2. The Balaban J connectivity index is 1.17. The Morgan fingerprint density at radius 2 is 0.960 bits per heavy atom. The normalized spacial score (nSPS) is 12.0. The highest BCUT2D eigenvalue weighted by Gasteiger charge is 2.22. The summed E-state index contributed by atoms with van der Waals surface area (Å²) in [5.74, 6) is 0. The molecule has 0 unspecified atom stereocenters. The van der Waals surface area contributed by atoms with E-state index in [0.717, 1.165) is 93.6 Å². The fourth-order valence-electron chi connectivity index (χ4n) is 7.76. The molecule has 8 aromatic carbocycles. The molecule has 3 aromatic heterocycles. The first-order valence-electron chi connectivity index (χ1n) is 16.8. The van der Waals surface area contributed by atoms with E-state index in [-0.39, 0.29) is 0 Å². The zero-order valence-electron chi connectivity index (χ0n) is 26.7. The van der Waals surface area contributed by atoms with Gasteiger partial charge >= 0.3 is 0 Å². The van der Waals surface area contributed by atoms with E-state index in [1.165, 1.54) is 16.3 Å². The number of hydrogen-bond donors (Lipinski definition) is 0. The van der Waals surface area contributed by atoms with Gasteiger partial charge in [0.1, 0.15) is 22.3 Å². The fourth-order valence-corrected chi connectivity index (χ4v) is 7.76. The molecule has 0 amide bonds. The summed E-state index contributed by atoms with van der Waals surface area (Å²) in [6.07, 6.45) is 1.90. The number of fused-ring (bicyclic) bond motifs is 12. The van der Waals surface area contributed by atoms with E-state index in [0.29, 0.717) is 0 Å². The number of para-hydroxylation sites is 1. The number of rotatable bonds is 3. The molecule has 0 spiro atoms. The highest BCUT2D eigenvalue weighted by atomic mass is 16.3. The number of benzene rings is 8. The van der Waals surface area contributed by atoms with E-state index in [2.05, 4.69) is 133 Å². The van der Waals surface area contributed by atoms with Crippen LogP contribution in [0.5, 0.6) is 0 Å². The van der Waals surface area contributed by atoms with Gasteiger partial charge in [0.25, 0.3) is 0 Å². The van der Waals surface area contributed by atoms with Crippen molar-refractivity contribution >= 4 is 76.5 Å². The standard InChI is InChI=1S/C46H26N2O2/c1-2-11-27(12-3-1)28-21-22-41-36(24-28)38-25-37-33-17-8-9-20-40(33)49-45(37)42(46(38)50-41)30-14-10-13-29(23-30)39-26-47-43-34-18-6-4-15-31(34)32-16-5-7-19-35(32)44(43)48-39/h1-26H. The molecule has 0 aliphatic rings. The minimum absolute atomic E-state index is 0.802. The third-order valence-corrected chi connectivity index (χ3v) is 10.1. The molecule has 3 heterocycles. The molecule has 0 atom stereocenters. The highest BCUT2D eigenvalue weighted by Crippen LogP contribution is 2.45. The van der Waals surface area contributed by atoms with Gasteiger partial charge in [0.05, 0.1) is 28.5 Å². The lowest BCUT2D eigenvalue weighted by molar-refractivity contribution is 0.658. The molecule has 11 aromatic rings. The first kappa shape index (κ1) is 27.2. The van der Waals surface area contributed by atoms with Gasteiger partial charge in [-0.05, 0) is 57.8 Å². The van der Waals surface area contributed by atoms with Crippen LogP contribution in [-0.4, -0.2) is 9.97 Å². The predicted molar refractivity (Wildman–Crippen MR) is 205 cm³/mol. The second kappa shape index (κ2) is 10.4. The Bertz CT molecular complexity index is 3120. The molecule has 0 radical (unpaired) electrons. The van der Waals surface area contributed by atoms with Crippen molar-refractivity contribution in [2.24, 2.45) is 0 Å². The van der Waals surface area contributed by atoms with Crippen molar-refractivity contribution < 1.29 is 8.83 Å². The monoisotopic (exact) mass is 638 g/mol. The Labute approximate surface area is 285 Å².